The number of ether oxygens (including phenoxy) is 2. The monoisotopic (exact) mass is 264 g/mol. The summed E-state index contributed by atoms with van der Waals surface area (Å²) >= 11 is 0. The molecule has 0 aliphatic heterocycles. The second kappa shape index (κ2) is 6.68. The van der Waals surface area contributed by atoms with Crippen molar-refractivity contribution in [2.24, 2.45) is 5.92 Å². The molecule has 102 valence electrons. The molecule has 0 radical (unpaired) electrons. The van der Waals surface area contributed by atoms with Crippen molar-refractivity contribution in [1.29, 1.82) is 0 Å². The minimum atomic E-state index is -1.17. The molecule has 1 aromatic rings. The fourth-order valence-corrected chi connectivity index (χ4v) is 1.59. The van der Waals surface area contributed by atoms with Gasteiger partial charge in [-0.3, -0.25) is 14.4 Å². The number of benzene rings is 1. The molecule has 1 rings (SSSR count). The average molecular weight is 264 g/mol. The Morgan fingerprint density at radius 3 is 2.11 bits per heavy atom. The Morgan fingerprint density at radius 1 is 1.05 bits per heavy atom. The average Bonchev–Trinajstić information content (AvgIpc) is 2.43. The number of methoxy groups -OCH3 is 2. The van der Waals surface area contributed by atoms with Gasteiger partial charge in [-0.05, 0) is 6.92 Å². The van der Waals surface area contributed by atoms with E-state index in [1.165, 1.54) is 14.2 Å². The zero-order valence-corrected chi connectivity index (χ0v) is 11.1. The van der Waals surface area contributed by atoms with Gasteiger partial charge in [0.2, 0.25) is 0 Å². The number of hydrogen-bond acceptors (Lipinski definition) is 5. The molecule has 0 heterocycles. The predicted octanol–water partition coefficient (Wildman–Crippen LogP) is 1.53. The molecule has 0 saturated heterocycles. The van der Waals surface area contributed by atoms with Gasteiger partial charge in [0, 0.05) is 5.56 Å². The number of rotatable bonds is 5. The van der Waals surface area contributed by atoms with Gasteiger partial charge in [-0.25, -0.2) is 0 Å². The van der Waals surface area contributed by atoms with Crippen LogP contribution in [0.1, 0.15) is 22.3 Å². The molecule has 0 N–H and O–H groups in total. The van der Waals surface area contributed by atoms with E-state index in [9.17, 15) is 14.4 Å². The highest BCUT2D eigenvalue weighted by Gasteiger charge is 2.31. The van der Waals surface area contributed by atoms with E-state index in [2.05, 4.69) is 9.47 Å². The SMILES string of the molecule is COC(=O)CC(C(=O)OC)C(=O)c1ccc(C)cc1. The summed E-state index contributed by atoms with van der Waals surface area (Å²) in [5, 5.41) is 0. The Labute approximate surface area is 111 Å². The van der Waals surface area contributed by atoms with Gasteiger partial charge in [0.25, 0.3) is 0 Å². The summed E-state index contributed by atoms with van der Waals surface area (Å²) in [5.74, 6) is -2.98. The summed E-state index contributed by atoms with van der Waals surface area (Å²) in [6.07, 6.45) is -0.324. The molecule has 0 amide bonds. The first kappa shape index (κ1) is 14.9. The third kappa shape index (κ3) is 3.91. The summed E-state index contributed by atoms with van der Waals surface area (Å²) in [6.45, 7) is 1.89. The van der Waals surface area contributed by atoms with Crippen molar-refractivity contribution < 1.29 is 23.9 Å². The van der Waals surface area contributed by atoms with Crippen LogP contribution in [0.15, 0.2) is 24.3 Å². The van der Waals surface area contributed by atoms with Crippen LogP contribution in [0, 0.1) is 12.8 Å². The van der Waals surface area contributed by atoms with Gasteiger partial charge in [0.15, 0.2) is 5.78 Å². The summed E-state index contributed by atoms with van der Waals surface area (Å²) < 4.78 is 9.04. The lowest BCUT2D eigenvalue weighted by molar-refractivity contribution is -0.150. The molecule has 19 heavy (non-hydrogen) atoms. The largest absolute Gasteiger partial charge is 0.469 e. The van der Waals surface area contributed by atoms with Crippen LogP contribution in [0.3, 0.4) is 0 Å². The number of ketones is 1. The molecule has 0 bridgehead atoms. The number of esters is 2. The van der Waals surface area contributed by atoms with Gasteiger partial charge in [-0.2, -0.15) is 0 Å². The van der Waals surface area contributed by atoms with E-state index in [1.54, 1.807) is 24.3 Å². The van der Waals surface area contributed by atoms with Crippen LogP contribution >= 0.6 is 0 Å². The van der Waals surface area contributed by atoms with Gasteiger partial charge >= 0.3 is 11.9 Å². The lowest BCUT2D eigenvalue weighted by Crippen LogP contribution is -2.28. The molecule has 0 fully saturated rings. The normalized spacial score (nSPS) is 11.5. The molecule has 0 aliphatic carbocycles. The molecule has 0 saturated carbocycles. The number of carbonyl (C=O) groups excluding carboxylic acids is 3. The molecule has 5 nitrogen and oxygen atoms in total. The van der Waals surface area contributed by atoms with Gasteiger partial charge in [0.1, 0.15) is 5.92 Å². The minimum Gasteiger partial charge on any atom is -0.469 e. The fourth-order valence-electron chi connectivity index (χ4n) is 1.59. The van der Waals surface area contributed by atoms with E-state index in [1.807, 2.05) is 6.92 Å². The van der Waals surface area contributed by atoms with Crippen LogP contribution < -0.4 is 0 Å². The van der Waals surface area contributed by atoms with Crippen molar-refractivity contribution >= 4 is 17.7 Å². The van der Waals surface area contributed by atoms with Gasteiger partial charge < -0.3 is 9.47 Å². The number of carbonyl (C=O) groups is 3. The first-order valence-corrected chi connectivity index (χ1v) is 5.75. The fraction of sp³-hybridized carbons (Fsp3) is 0.357. The molecule has 0 aliphatic rings. The Morgan fingerprint density at radius 2 is 1.63 bits per heavy atom. The van der Waals surface area contributed by atoms with Crippen LogP contribution in [-0.4, -0.2) is 31.9 Å². The Bertz CT molecular complexity index is 475. The maximum atomic E-state index is 12.2. The van der Waals surface area contributed by atoms with E-state index in [-0.39, 0.29) is 6.42 Å². The number of aryl methyl sites for hydroxylation is 1. The minimum absolute atomic E-state index is 0.324. The summed E-state index contributed by atoms with van der Waals surface area (Å²) in [7, 11) is 2.38. The van der Waals surface area contributed by atoms with Crippen molar-refractivity contribution in [2.75, 3.05) is 14.2 Å². The van der Waals surface area contributed by atoms with E-state index in [0.717, 1.165) is 5.56 Å². The standard InChI is InChI=1S/C14H16O5/c1-9-4-6-10(7-5-9)13(16)11(14(17)19-3)8-12(15)18-2/h4-7,11H,8H2,1-3H3. The van der Waals surface area contributed by atoms with Crippen LogP contribution in [0.5, 0.6) is 0 Å². The highest BCUT2D eigenvalue weighted by Crippen LogP contribution is 2.16. The molecular formula is C14H16O5. The van der Waals surface area contributed by atoms with Gasteiger partial charge in [-0.1, -0.05) is 29.8 Å². The summed E-state index contributed by atoms with van der Waals surface area (Å²) in [4.78, 5) is 35.0. The van der Waals surface area contributed by atoms with Crippen molar-refractivity contribution in [3.8, 4) is 0 Å². The van der Waals surface area contributed by atoms with Crippen LogP contribution in [-0.2, 0) is 19.1 Å². The summed E-state index contributed by atoms with van der Waals surface area (Å²) in [6, 6.07) is 6.76. The highest BCUT2D eigenvalue weighted by atomic mass is 16.5. The first-order chi connectivity index (χ1) is 8.99. The van der Waals surface area contributed by atoms with Gasteiger partial charge in [0.05, 0.1) is 20.6 Å². The zero-order chi connectivity index (χ0) is 14.4. The van der Waals surface area contributed by atoms with Crippen LogP contribution in [0.25, 0.3) is 0 Å². The molecule has 0 aromatic heterocycles. The summed E-state index contributed by atoms with van der Waals surface area (Å²) in [5.41, 5.74) is 1.36. The lowest BCUT2D eigenvalue weighted by atomic mass is 9.94. The molecular weight excluding hydrogens is 248 g/mol. The lowest BCUT2D eigenvalue weighted by Gasteiger charge is -2.12. The third-order valence-corrected chi connectivity index (χ3v) is 2.74. The maximum absolute atomic E-state index is 12.2. The number of Topliss-reactive ketones (excluding diaryl/α,β-unsaturated/α-hetero) is 1. The molecule has 1 atom stereocenters. The van der Waals surface area contributed by atoms with Crippen LogP contribution in [0.4, 0.5) is 0 Å². The first-order valence-electron chi connectivity index (χ1n) is 5.75. The smallest absolute Gasteiger partial charge is 0.317 e. The second-order valence-corrected chi connectivity index (χ2v) is 4.09. The Hall–Kier alpha value is -2.17. The molecule has 1 unspecified atom stereocenters. The van der Waals surface area contributed by atoms with E-state index >= 15 is 0 Å². The Kier molecular flexibility index (Phi) is 5.23. The topological polar surface area (TPSA) is 69.7 Å². The van der Waals surface area contributed by atoms with E-state index < -0.39 is 23.6 Å². The van der Waals surface area contributed by atoms with E-state index in [0.29, 0.717) is 5.56 Å². The van der Waals surface area contributed by atoms with Crippen LogP contribution in [0.2, 0.25) is 0 Å². The quantitative estimate of drug-likeness (QED) is 0.458. The van der Waals surface area contributed by atoms with Gasteiger partial charge in [-0.15, -0.1) is 0 Å². The van der Waals surface area contributed by atoms with E-state index in [4.69, 9.17) is 0 Å². The number of hydrogen-bond donors (Lipinski definition) is 0. The Balaban J connectivity index is 2.96. The van der Waals surface area contributed by atoms with Crippen molar-refractivity contribution in [3.63, 3.8) is 0 Å². The van der Waals surface area contributed by atoms with Crippen molar-refractivity contribution in [2.45, 2.75) is 13.3 Å². The highest BCUT2D eigenvalue weighted by molar-refractivity contribution is 6.10. The third-order valence-electron chi connectivity index (χ3n) is 2.74. The molecule has 5 heteroatoms. The second-order valence-electron chi connectivity index (χ2n) is 4.09. The zero-order valence-electron chi connectivity index (χ0n) is 11.1. The molecule has 0 spiro atoms. The molecule has 1 aromatic carbocycles. The predicted molar refractivity (Wildman–Crippen MR) is 67.6 cm³/mol. The van der Waals surface area contributed by atoms with Crippen molar-refractivity contribution in [3.05, 3.63) is 35.4 Å². The maximum Gasteiger partial charge on any atom is 0.317 e. The van der Waals surface area contributed by atoms with Crippen molar-refractivity contribution in [1.82, 2.24) is 0 Å².